The van der Waals surface area contributed by atoms with E-state index >= 15 is 0 Å². The van der Waals surface area contributed by atoms with Crippen molar-refractivity contribution < 1.29 is 9.21 Å². The van der Waals surface area contributed by atoms with Crippen LogP contribution in [-0.4, -0.2) is 17.4 Å². The van der Waals surface area contributed by atoms with Crippen molar-refractivity contribution in [1.82, 2.24) is 4.98 Å². The molecule has 6 heteroatoms. The normalized spacial score (nSPS) is 11.3. The molecule has 1 amide bonds. The van der Waals surface area contributed by atoms with Crippen molar-refractivity contribution >= 4 is 55.2 Å². The SMILES string of the molecule is CCN(C(=O)c1oc2ccc(Cl)cc2c1C)c1nc2ccccc2s1. The van der Waals surface area contributed by atoms with Gasteiger partial charge in [-0.3, -0.25) is 9.69 Å². The molecule has 0 bridgehead atoms. The quantitative estimate of drug-likeness (QED) is 0.466. The second-order valence-corrected chi connectivity index (χ2v) is 7.16. The highest BCUT2D eigenvalue weighted by atomic mass is 35.5. The number of thiazole rings is 1. The van der Waals surface area contributed by atoms with Crippen molar-refractivity contribution in [3.05, 3.63) is 58.8 Å². The number of aromatic nitrogens is 1. The largest absolute Gasteiger partial charge is 0.451 e. The first-order valence-corrected chi connectivity index (χ1v) is 9.14. The average molecular weight is 371 g/mol. The summed E-state index contributed by atoms with van der Waals surface area (Å²) in [6.45, 7) is 4.32. The number of fused-ring (bicyclic) bond motifs is 2. The zero-order chi connectivity index (χ0) is 17.6. The summed E-state index contributed by atoms with van der Waals surface area (Å²) >= 11 is 7.56. The lowest BCUT2D eigenvalue weighted by molar-refractivity contribution is 0.0963. The van der Waals surface area contributed by atoms with Crippen LogP contribution in [0.1, 0.15) is 23.0 Å². The molecule has 0 unspecified atom stereocenters. The first-order chi connectivity index (χ1) is 12.1. The van der Waals surface area contributed by atoms with Gasteiger partial charge in [-0.2, -0.15) is 0 Å². The Kier molecular flexibility index (Phi) is 3.98. The van der Waals surface area contributed by atoms with Gasteiger partial charge in [0.1, 0.15) is 5.58 Å². The van der Waals surface area contributed by atoms with Crippen molar-refractivity contribution in [2.24, 2.45) is 0 Å². The molecule has 0 aliphatic heterocycles. The summed E-state index contributed by atoms with van der Waals surface area (Å²) in [5.74, 6) is 0.143. The lowest BCUT2D eigenvalue weighted by atomic mass is 10.1. The van der Waals surface area contributed by atoms with Gasteiger partial charge in [0.15, 0.2) is 10.9 Å². The molecule has 4 nitrogen and oxygen atoms in total. The molecular formula is C19H15ClN2O2S. The van der Waals surface area contributed by atoms with E-state index in [9.17, 15) is 4.79 Å². The van der Waals surface area contributed by atoms with E-state index in [1.165, 1.54) is 11.3 Å². The Balaban J connectivity index is 1.79. The molecule has 0 saturated carbocycles. The van der Waals surface area contributed by atoms with Gasteiger partial charge in [0.05, 0.1) is 10.2 Å². The fourth-order valence-electron chi connectivity index (χ4n) is 2.86. The lowest BCUT2D eigenvalue weighted by Gasteiger charge is -2.16. The van der Waals surface area contributed by atoms with E-state index in [2.05, 4.69) is 4.98 Å². The minimum absolute atomic E-state index is 0.189. The van der Waals surface area contributed by atoms with E-state index in [0.717, 1.165) is 21.2 Å². The second kappa shape index (κ2) is 6.17. The maximum absolute atomic E-state index is 13.1. The number of furan rings is 1. The first kappa shape index (κ1) is 16.1. The third-order valence-corrected chi connectivity index (χ3v) is 5.46. The van der Waals surface area contributed by atoms with Crippen LogP contribution >= 0.6 is 22.9 Å². The van der Waals surface area contributed by atoms with Gasteiger partial charge >= 0.3 is 0 Å². The van der Waals surface area contributed by atoms with E-state index in [1.807, 2.05) is 44.2 Å². The van der Waals surface area contributed by atoms with Crippen LogP contribution in [0.2, 0.25) is 5.02 Å². The molecule has 126 valence electrons. The maximum Gasteiger partial charge on any atom is 0.296 e. The Bertz CT molecular complexity index is 1070. The molecule has 0 aliphatic rings. The summed E-state index contributed by atoms with van der Waals surface area (Å²) in [7, 11) is 0. The number of carbonyl (C=O) groups excluding carboxylic acids is 1. The summed E-state index contributed by atoms with van der Waals surface area (Å²) in [5.41, 5.74) is 2.34. The minimum atomic E-state index is -0.189. The van der Waals surface area contributed by atoms with Gasteiger partial charge in [0.25, 0.3) is 5.91 Å². The number of para-hydroxylation sites is 1. The fourth-order valence-corrected chi connectivity index (χ4v) is 4.06. The summed E-state index contributed by atoms with van der Waals surface area (Å²) in [6.07, 6.45) is 0. The predicted molar refractivity (Wildman–Crippen MR) is 103 cm³/mol. The van der Waals surface area contributed by atoms with Crippen LogP contribution in [0.4, 0.5) is 5.13 Å². The second-order valence-electron chi connectivity index (χ2n) is 5.71. The number of hydrogen-bond acceptors (Lipinski definition) is 4. The summed E-state index contributed by atoms with van der Waals surface area (Å²) < 4.78 is 6.87. The molecular weight excluding hydrogens is 356 g/mol. The van der Waals surface area contributed by atoms with Crippen molar-refractivity contribution in [2.75, 3.05) is 11.4 Å². The molecule has 0 saturated heterocycles. The number of anilines is 1. The number of aryl methyl sites for hydroxylation is 1. The van der Waals surface area contributed by atoms with Crippen molar-refractivity contribution in [3.8, 4) is 0 Å². The number of nitrogens with zero attached hydrogens (tertiary/aromatic N) is 2. The Labute approximate surface area is 153 Å². The Morgan fingerprint density at radius 1 is 1.28 bits per heavy atom. The van der Waals surface area contributed by atoms with E-state index in [4.69, 9.17) is 16.0 Å². The molecule has 0 fully saturated rings. The van der Waals surface area contributed by atoms with Gasteiger partial charge in [-0.15, -0.1) is 0 Å². The van der Waals surface area contributed by atoms with E-state index in [0.29, 0.717) is 28.0 Å². The van der Waals surface area contributed by atoms with Gasteiger partial charge in [0.2, 0.25) is 0 Å². The highest BCUT2D eigenvalue weighted by Gasteiger charge is 2.25. The minimum Gasteiger partial charge on any atom is -0.451 e. The highest BCUT2D eigenvalue weighted by molar-refractivity contribution is 7.22. The van der Waals surface area contributed by atoms with Crippen LogP contribution in [0.15, 0.2) is 46.9 Å². The van der Waals surface area contributed by atoms with Crippen molar-refractivity contribution in [1.29, 1.82) is 0 Å². The number of amides is 1. The van der Waals surface area contributed by atoms with Crippen molar-refractivity contribution in [3.63, 3.8) is 0 Å². The molecule has 0 radical (unpaired) electrons. The molecule has 4 rings (SSSR count). The fraction of sp³-hybridized carbons (Fsp3) is 0.158. The van der Waals surface area contributed by atoms with Gasteiger partial charge in [0, 0.05) is 22.5 Å². The van der Waals surface area contributed by atoms with Gasteiger partial charge in [-0.05, 0) is 44.2 Å². The van der Waals surface area contributed by atoms with E-state index in [-0.39, 0.29) is 5.91 Å². The molecule has 0 N–H and O–H groups in total. The van der Waals surface area contributed by atoms with Gasteiger partial charge < -0.3 is 4.42 Å². The van der Waals surface area contributed by atoms with Crippen LogP contribution in [0, 0.1) is 6.92 Å². The van der Waals surface area contributed by atoms with Crippen LogP contribution in [0.5, 0.6) is 0 Å². The van der Waals surface area contributed by atoms with Crippen LogP contribution in [-0.2, 0) is 0 Å². The van der Waals surface area contributed by atoms with Gasteiger partial charge in [-0.25, -0.2) is 4.98 Å². The molecule has 25 heavy (non-hydrogen) atoms. The highest BCUT2D eigenvalue weighted by Crippen LogP contribution is 2.32. The number of rotatable bonds is 3. The zero-order valence-corrected chi connectivity index (χ0v) is 15.3. The third kappa shape index (κ3) is 2.69. The molecule has 2 heterocycles. The summed E-state index contributed by atoms with van der Waals surface area (Å²) in [4.78, 5) is 19.3. The Morgan fingerprint density at radius 2 is 2.08 bits per heavy atom. The standard InChI is InChI=1S/C19H15ClN2O2S/c1-3-22(19-21-14-6-4-5-7-16(14)25-19)18(23)17-11(2)13-10-12(20)8-9-15(13)24-17/h4-10H,3H2,1-2H3. The Morgan fingerprint density at radius 3 is 2.84 bits per heavy atom. The zero-order valence-electron chi connectivity index (χ0n) is 13.7. The molecule has 0 spiro atoms. The lowest BCUT2D eigenvalue weighted by Crippen LogP contribution is -2.30. The molecule has 4 aromatic rings. The van der Waals surface area contributed by atoms with Crippen LogP contribution < -0.4 is 4.90 Å². The molecule has 2 aromatic carbocycles. The van der Waals surface area contributed by atoms with Crippen LogP contribution in [0.3, 0.4) is 0 Å². The maximum atomic E-state index is 13.1. The van der Waals surface area contributed by atoms with Gasteiger partial charge in [-0.1, -0.05) is 35.1 Å². The number of halogens is 1. The van der Waals surface area contributed by atoms with Crippen LogP contribution in [0.25, 0.3) is 21.2 Å². The first-order valence-electron chi connectivity index (χ1n) is 7.94. The number of benzene rings is 2. The van der Waals surface area contributed by atoms with Crippen molar-refractivity contribution in [2.45, 2.75) is 13.8 Å². The number of hydrogen-bond donors (Lipinski definition) is 0. The summed E-state index contributed by atoms with van der Waals surface area (Å²) in [5, 5.41) is 2.15. The predicted octanol–water partition coefficient (Wildman–Crippen LogP) is 5.67. The van der Waals surface area contributed by atoms with E-state index in [1.54, 1.807) is 17.0 Å². The average Bonchev–Trinajstić information content (AvgIpc) is 3.17. The topological polar surface area (TPSA) is 46.3 Å². The monoisotopic (exact) mass is 370 g/mol. The molecule has 0 atom stereocenters. The molecule has 0 aliphatic carbocycles. The smallest absolute Gasteiger partial charge is 0.296 e. The third-order valence-electron chi connectivity index (χ3n) is 4.17. The summed E-state index contributed by atoms with van der Waals surface area (Å²) in [6, 6.07) is 13.2. The van der Waals surface area contributed by atoms with E-state index < -0.39 is 0 Å². The molecule has 2 aromatic heterocycles. The number of carbonyl (C=O) groups is 1. The Hall–Kier alpha value is -2.37.